The molecule has 0 bridgehead atoms. The molecule has 2 aromatic rings. The number of nitrogens with one attached hydrogen (secondary N) is 1. The van der Waals surface area contributed by atoms with Gasteiger partial charge in [-0.2, -0.15) is 0 Å². The highest BCUT2D eigenvalue weighted by Gasteiger charge is 2.16. The first-order chi connectivity index (χ1) is 13.6. The van der Waals surface area contributed by atoms with Crippen LogP contribution in [-0.2, 0) is 17.8 Å². The van der Waals surface area contributed by atoms with Crippen LogP contribution >= 0.6 is 22.9 Å². The van der Waals surface area contributed by atoms with Gasteiger partial charge in [-0.3, -0.25) is 4.90 Å². The molecule has 6 nitrogen and oxygen atoms in total. The van der Waals surface area contributed by atoms with Crippen LogP contribution in [0.1, 0.15) is 10.4 Å². The maximum absolute atomic E-state index is 10.2. The van der Waals surface area contributed by atoms with Crippen LogP contribution in [0, 0.1) is 0 Å². The summed E-state index contributed by atoms with van der Waals surface area (Å²) >= 11 is 7.53. The van der Waals surface area contributed by atoms with Gasteiger partial charge in [0.2, 0.25) is 0 Å². The molecule has 0 radical (unpaired) electrons. The van der Waals surface area contributed by atoms with Crippen LogP contribution in [0.15, 0.2) is 30.3 Å². The van der Waals surface area contributed by atoms with E-state index < -0.39 is 6.10 Å². The quantitative estimate of drug-likeness (QED) is 0.609. The van der Waals surface area contributed by atoms with Crippen LogP contribution in [0.2, 0.25) is 4.34 Å². The lowest BCUT2D eigenvalue weighted by atomic mass is 10.2. The minimum absolute atomic E-state index is 0.227. The Morgan fingerprint density at radius 1 is 1.21 bits per heavy atom. The average molecular weight is 427 g/mol. The number of rotatable bonds is 10. The van der Waals surface area contributed by atoms with E-state index in [9.17, 15) is 5.11 Å². The number of morpholine rings is 1. The zero-order valence-corrected chi connectivity index (χ0v) is 17.6. The van der Waals surface area contributed by atoms with Crippen LogP contribution in [0.25, 0.3) is 0 Å². The summed E-state index contributed by atoms with van der Waals surface area (Å²) < 4.78 is 17.4. The molecule has 1 fully saturated rings. The Labute approximate surface area is 175 Å². The summed E-state index contributed by atoms with van der Waals surface area (Å²) in [7, 11) is 1.62. The van der Waals surface area contributed by atoms with Gasteiger partial charge in [0.05, 0.1) is 24.7 Å². The van der Waals surface area contributed by atoms with Gasteiger partial charge in [-0.25, -0.2) is 0 Å². The van der Waals surface area contributed by atoms with Crippen molar-refractivity contribution in [3.63, 3.8) is 0 Å². The van der Waals surface area contributed by atoms with Gasteiger partial charge in [-0.1, -0.05) is 17.7 Å². The van der Waals surface area contributed by atoms with E-state index in [1.807, 2.05) is 30.3 Å². The number of hydrogen-bond donors (Lipinski definition) is 2. The van der Waals surface area contributed by atoms with Crippen LogP contribution in [0.3, 0.4) is 0 Å². The fourth-order valence-electron chi connectivity index (χ4n) is 3.04. The molecule has 2 heterocycles. The van der Waals surface area contributed by atoms with Crippen LogP contribution < -0.4 is 14.8 Å². The van der Waals surface area contributed by atoms with Crippen molar-refractivity contribution in [1.29, 1.82) is 0 Å². The minimum Gasteiger partial charge on any atom is -0.493 e. The third kappa shape index (κ3) is 6.62. The van der Waals surface area contributed by atoms with Crippen molar-refractivity contribution in [3.8, 4) is 11.5 Å². The number of β-amino-alcohol motifs (C(OH)–C–C–N with tert-alkyl or cyclic N) is 1. The van der Waals surface area contributed by atoms with E-state index >= 15 is 0 Å². The molecule has 2 N–H and O–H groups in total. The van der Waals surface area contributed by atoms with Gasteiger partial charge in [0.25, 0.3) is 0 Å². The number of thiophene rings is 1. The highest BCUT2D eigenvalue weighted by Crippen LogP contribution is 2.28. The van der Waals surface area contributed by atoms with Gasteiger partial charge < -0.3 is 24.6 Å². The van der Waals surface area contributed by atoms with Gasteiger partial charge in [-0.05, 0) is 29.8 Å². The molecular weight excluding hydrogens is 400 g/mol. The van der Waals surface area contributed by atoms with Gasteiger partial charge in [-0.15, -0.1) is 11.3 Å². The molecule has 0 saturated carbocycles. The Morgan fingerprint density at radius 2 is 2.04 bits per heavy atom. The van der Waals surface area contributed by atoms with E-state index in [0.717, 1.165) is 42.7 Å². The summed E-state index contributed by atoms with van der Waals surface area (Å²) in [6, 6.07) is 9.78. The molecule has 8 heteroatoms. The monoisotopic (exact) mass is 426 g/mol. The Hall–Kier alpha value is -1.35. The second-order valence-electron chi connectivity index (χ2n) is 6.67. The Morgan fingerprint density at radius 3 is 2.75 bits per heavy atom. The smallest absolute Gasteiger partial charge is 0.161 e. The van der Waals surface area contributed by atoms with Crippen molar-refractivity contribution < 1.29 is 19.3 Å². The first-order valence-electron chi connectivity index (χ1n) is 9.37. The average Bonchev–Trinajstić information content (AvgIpc) is 3.12. The fraction of sp³-hybridized carbons (Fsp3) is 0.500. The molecule has 154 valence electrons. The van der Waals surface area contributed by atoms with Crippen LogP contribution in [0.4, 0.5) is 0 Å². The van der Waals surface area contributed by atoms with Crippen molar-refractivity contribution in [2.75, 3.05) is 46.6 Å². The lowest BCUT2D eigenvalue weighted by Gasteiger charge is -2.28. The lowest BCUT2D eigenvalue weighted by Crippen LogP contribution is -2.42. The maximum atomic E-state index is 10.2. The predicted octanol–water partition coefficient (Wildman–Crippen LogP) is 2.77. The normalized spacial score (nSPS) is 16.1. The number of nitrogens with zero attached hydrogens (tertiary/aromatic N) is 1. The number of hydrogen-bond acceptors (Lipinski definition) is 7. The molecule has 0 aliphatic carbocycles. The molecule has 3 rings (SSSR count). The van der Waals surface area contributed by atoms with Crippen molar-refractivity contribution in [2.24, 2.45) is 0 Å². The van der Waals surface area contributed by atoms with E-state index in [-0.39, 0.29) is 6.61 Å². The zero-order valence-electron chi connectivity index (χ0n) is 16.0. The highest BCUT2D eigenvalue weighted by molar-refractivity contribution is 7.16. The Balaban J connectivity index is 1.46. The van der Waals surface area contributed by atoms with Crippen molar-refractivity contribution in [1.82, 2.24) is 10.2 Å². The summed E-state index contributed by atoms with van der Waals surface area (Å²) in [5.41, 5.74) is 1.10. The fourth-order valence-corrected chi connectivity index (χ4v) is 4.10. The first-order valence-corrected chi connectivity index (χ1v) is 10.6. The number of methoxy groups -OCH3 is 1. The number of halogens is 1. The number of ether oxygens (including phenoxy) is 3. The van der Waals surface area contributed by atoms with Gasteiger partial charge in [0, 0.05) is 37.6 Å². The van der Waals surface area contributed by atoms with Crippen molar-refractivity contribution >= 4 is 22.9 Å². The molecule has 1 atom stereocenters. The lowest BCUT2D eigenvalue weighted by molar-refractivity contribution is 0.00445. The summed E-state index contributed by atoms with van der Waals surface area (Å²) in [5.74, 6) is 1.30. The van der Waals surface area contributed by atoms with E-state index in [2.05, 4.69) is 10.2 Å². The molecule has 0 spiro atoms. The van der Waals surface area contributed by atoms with E-state index in [4.69, 9.17) is 25.8 Å². The molecule has 28 heavy (non-hydrogen) atoms. The largest absolute Gasteiger partial charge is 0.493 e. The molecule has 1 saturated heterocycles. The summed E-state index contributed by atoms with van der Waals surface area (Å²) in [6.07, 6.45) is -0.554. The number of benzene rings is 1. The minimum atomic E-state index is -0.554. The summed E-state index contributed by atoms with van der Waals surface area (Å²) in [5, 5.41) is 13.6. The van der Waals surface area contributed by atoms with E-state index in [1.165, 1.54) is 4.88 Å². The topological polar surface area (TPSA) is 63.2 Å². The second kappa shape index (κ2) is 11.0. The highest BCUT2D eigenvalue weighted by atomic mass is 35.5. The maximum Gasteiger partial charge on any atom is 0.161 e. The molecule has 1 aliphatic heterocycles. The summed E-state index contributed by atoms with van der Waals surface area (Å²) in [4.78, 5) is 3.38. The van der Waals surface area contributed by atoms with Gasteiger partial charge in [0.1, 0.15) is 12.7 Å². The van der Waals surface area contributed by atoms with Crippen LogP contribution in [-0.4, -0.2) is 62.7 Å². The van der Waals surface area contributed by atoms with E-state index in [1.54, 1.807) is 18.4 Å². The molecule has 1 aliphatic rings. The number of aliphatic hydroxyl groups is 1. The van der Waals surface area contributed by atoms with Crippen molar-refractivity contribution in [2.45, 2.75) is 19.2 Å². The standard InChI is InChI=1S/C20H27ClN2O4S/c1-25-19-10-15(11-22-12-17-3-5-20(21)28-17)2-4-18(19)27-14-16(24)13-23-6-8-26-9-7-23/h2-5,10,16,22,24H,6-9,11-14H2,1H3. The molecule has 1 unspecified atom stereocenters. The first kappa shape index (κ1) is 21.4. The molecular formula is C20H27ClN2O4S. The third-order valence-electron chi connectivity index (χ3n) is 4.49. The molecule has 1 aromatic heterocycles. The predicted molar refractivity (Wildman–Crippen MR) is 112 cm³/mol. The van der Waals surface area contributed by atoms with E-state index in [0.29, 0.717) is 24.6 Å². The number of aliphatic hydroxyl groups excluding tert-OH is 1. The summed E-state index contributed by atoms with van der Waals surface area (Å²) in [6.45, 7) is 5.43. The Bertz CT molecular complexity index is 737. The van der Waals surface area contributed by atoms with Gasteiger partial charge in [0.15, 0.2) is 11.5 Å². The molecule has 1 aromatic carbocycles. The SMILES string of the molecule is COc1cc(CNCc2ccc(Cl)s2)ccc1OCC(O)CN1CCOCC1. The Kier molecular flexibility index (Phi) is 8.39. The van der Waals surface area contributed by atoms with Crippen LogP contribution in [0.5, 0.6) is 11.5 Å². The molecule has 0 amide bonds. The van der Waals surface area contributed by atoms with Crippen molar-refractivity contribution in [3.05, 3.63) is 45.1 Å². The van der Waals surface area contributed by atoms with Gasteiger partial charge >= 0.3 is 0 Å². The zero-order chi connectivity index (χ0) is 19.8. The third-order valence-corrected chi connectivity index (χ3v) is 5.72. The second-order valence-corrected chi connectivity index (χ2v) is 8.47.